The molecule has 8 heteroatoms. The van der Waals surface area contributed by atoms with Crippen LogP contribution in [0.5, 0.6) is 0 Å². The number of anilines is 1. The smallest absolute Gasteiger partial charge is 0.239 e. The third kappa shape index (κ3) is 6.19. The third-order valence-corrected chi connectivity index (χ3v) is 6.28. The molecule has 0 unspecified atom stereocenters. The van der Waals surface area contributed by atoms with Crippen LogP contribution >= 0.6 is 51.4 Å². The molecule has 0 spiro atoms. The molecule has 0 fully saturated rings. The molecular formula is C19H21BrClN3OS2. The summed E-state index contributed by atoms with van der Waals surface area (Å²) in [6.07, 6.45) is 0. The van der Waals surface area contributed by atoms with E-state index in [2.05, 4.69) is 25.8 Å². The predicted molar refractivity (Wildman–Crippen MR) is 123 cm³/mol. The van der Waals surface area contributed by atoms with Crippen LogP contribution in [0.25, 0.3) is 10.2 Å². The van der Waals surface area contributed by atoms with E-state index in [1.807, 2.05) is 67.5 Å². The van der Waals surface area contributed by atoms with Gasteiger partial charge in [-0.05, 0) is 44.4 Å². The first-order valence-corrected chi connectivity index (χ1v) is 10.8. The van der Waals surface area contributed by atoms with Gasteiger partial charge in [0.1, 0.15) is 0 Å². The quantitative estimate of drug-likeness (QED) is 0.432. The van der Waals surface area contributed by atoms with Crippen LogP contribution in [0.3, 0.4) is 0 Å². The van der Waals surface area contributed by atoms with Gasteiger partial charge in [-0.3, -0.25) is 9.69 Å². The maximum Gasteiger partial charge on any atom is 0.239 e. The van der Waals surface area contributed by atoms with Crippen molar-refractivity contribution in [3.63, 3.8) is 0 Å². The molecule has 0 N–H and O–H groups in total. The Labute approximate surface area is 182 Å². The van der Waals surface area contributed by atoms with Gasteiger partial charge in [0.25, 0.3) is 0 Å². The zero-order valence-corrected chi connectivity index (χ0v) is 19.1. The van der Waals surface area contributed by atoms with Gasteiger partial charge in [0.15, 0.2) is 5.13 Å². The molecule has 0 radical (unpaired) electrons. The van der Waals surface area contributed by atoms with Crippen molar-refractivity contribution in [2.24, 2.45) is 0 Å². The van der Waals surface area contributed by atoms with Crippen LogP contribution in [0, 0.1) is 0 Å². The van der Waals surface area contributed by atoms with E-state index < -0.39 is 0 Å². The molecule has 0 atom stereocenters. The van der Waals surface area contributed by atoms with Crippen LogP contribution in [-0.4, -0.2) is 48.7 Å². The molecule has 3 rings (SSSR count). The van der Waals surface area contributed by atoms with Crippen LogP contribution in [-0.2, 0) is 4.79 Å². The molecule has 0 aliphatic heterocycles. The van der Waals surface area contributed by atoms with E-state index in [4.69, 9.17) is 0 Å². The maximum atomic E-state index is 12.9. The number of amides is 1. The fraction of sp³-hybridized carbons (Fsp3) is 0.263. The Morgan fingerprint density at radius 3 is 2.59 bits per heavy atom. The van der Waals surface area contributed by atoms with Crippen molar-refractivity contribution in [3.05, 3.63) is 53.0 Å². The van der Waals surface area contributed by atoms with Crippen LogP contribution in [0.2, 0.25) is 0 Å². The van der Waals surface area contributed by atoms with Gasteiger partial charge >= 0.3 is 0 Å². The lowest BCUT2D eigenvalue weighted by Gasteiger charge is -2.21. The van der Waals surface area contributed by atoms with E-state index in [9.17, 15) is 4.79 Å². The van der Waals surface area contributed by atoms with Crippen molar-refractivity contribution >= 4 is 72.7 Å². The summed E-state index contributed by atoms with van der Waals surface area (Å²) in [6, 6.07) is 16.0. The molecule has 0 bridgehead atoms. The number of likely N-dealkylation sites (N-methyl/N-ethyl adjacent to an activating group) is 1. The molecule has 0 saturated heterocycles. The number of hydrogen-bond donors (Lipinski definition) is 0. The first-order valence-electron chi connectivity index (χ1n) is 8.22. The molecule has 1 amide bonds. The zero-order valence-electron chi connectivity index (χ0n) is 15.1. The standard InChI is InChI=1S/C19H20BrN3OS2.ClH/c1-22(2)10-11-23(18(24)13-25-15-6-4-3-5-7-15)19-21-16-9-8-14(20)12-17(16)26-19;/h3-9,12H,10-11,13H2,1-2H3;1H. The number of nitrogens with zero attached hydrogens (tertiary/aromatic N) is 3. The molecule has 1 heterocycles. The van der Waals surface area contributed by atoms with Crippen LogP contribution in [0.15, 0.2) is 57.9 Å². The lowest BCUT2D eigenvalue weighted by Crippen LogP contribution is -2.37. The van der Waals surface area contributed by atoms with Crippen molar-refractivity contribution < 1.29 is 4.79 Å². The fourth-order valence-corrected chi connectivity index (χ4v) is 4.72. The molecule has 144 valence electrons. The first-order chi connectivity index (χ1) is 12.5. The monoisotopic (exact) mass is 485 g/mol. The van der Waals surface area contributed by atoms with E-state index >= 15 is 0 Å². The molecule has 3 aromatic rings. The Hall–Kier alpha value is -1.12. The normalized spacial score (nSPS) is 10.8. The Morgan fingerprint density at radius 1 is 1.15 bits per heavy atom. The zero-order chi connectivity index (χ0) is 18.5. The maximum absolute atomic E-state index is 12.9. The lowest BCUT2D eigenvalue weighted by atomic mass is 10.3. The summed E-state index contributed by atoms with van der Waals surface area (Å²) >= 11 is 6.61. The molecule has 1 aromatic heterocycles. The Kier molecular flexibility index (Phi) is 8.57. The van der Waals surface area contributed by atoms with Gasteiger partial charge in [0.2, 0.25) is 5.91 Å². The highest BCUT2D eigenvalue weighted by atomic mass is 79.9. The summed E-state index contributed by atoms with van der Waals surface area (Å²) in [6.45, 7) is 1.42. The van der Waals surface area contributed by atoms with Crippen molar-refractivity contribution in [1.82, 2.24) is 9.88 Å². The SMILES string of the molecule is CN(C)CCN(C(=O)CSc1ccccc1)c1nc2ccc(Br)cc2s1.Cl. The van der Waals surface area contributed by atoms with Crippen LogP contribution in [0.4, 0.5) is 5.13 Å². The third-order valence-electron chi connectivity index (χ3n) is 3.75. The topological polar surface area (TPSA) is 36.4 Å². The summed E-state index contributed by atoms with van der Waals surface area (Å²) in [5.41, 5.74) is 0.923. The predicted octanol–water partition coefficient (Wildman–Crippen LogP) is 5.17. The second-order valence-electron chi connectivity index (χ2n) is 6.06. The number of fused-ring (bicyclic) bond motifs is 1. The minimum Gasteiger partial charge on any atom is -0.308 e. The highest BCUT2D eigenvalue weighted by Crippen LogP contribution is 2.31. The minimum absolute atomic E-state index is 0. The summed E-state index contributed by atoms with van der Waals surface area (Å²) in [4.78, 5) is 22.6. The summed E-state index contributed by atoms with van der Waals surface area (Å²) in [7, 11) is 4.02. The van der Waals surface area contributed by atoms with E-state index in [-0.39, 0.29) is 18.3 Å². The second kappa shape index (κ2) is 10.4. The average molecular weight is 487 g/mol. The highest BCUT2D eigenvalue weighted by Gasteiger charge is 2.20. The highest BCUT2D eigenvalue weighted by molar-refractivity contribution is 9.10. The number of benzene rings is 2. The number of carbonyl (C=O) groups is 1. The number of halogens is 2. The van der Waals surface area contributed by atoms with Gasteiger partial charge in [-0.25, -0.2) is 4.98 Å². The van der Waals surface area contributed by atoms with E-state index in [0.29, 0.717) is 12.3 Å². The largest absolute Gasteiger partial charge is 0.308 e. The Bertz CT molecular complexity index is 889. The molecule has 0 saturated carbocycles. The average Bonchev–Trinajstić information content (AvgIpc) is 3.03. The number of aromatic nitrogens is 1. The molecule has 27 heavy (non-hydrogen) atoms. The van der Waals surface area contributed by atoms with Gasteiger partial charge in [0, 0.05) is 22.5 Å². The Balaban J connectivity index is 0.00000261. The number of rotatable bonds is 7. The lowest BCUT2D eigenvalue weighted by molar-refractivity contribution is -0.116. The number of thiazole rings is 1. The van der Waals surface area contributed by atoms with Crippen LogP contribution < -0.4 is 4.90 Å². The number of thioether (sulfide) groups is 1. The first kappa shape index (κ1) is 22.2. The van der Waals surface area contributed by atoms with Gasteiger partial charge in [-0.1, -0.05) is 45.5 Å². The van der Waals surface area contributed by atoms with Crippen LogP contribution in [0.1, 0.15) is 0 Å². The van der Waals surface area contributed by atoms with Crippen molar-refractivity contribution in [2.45, 2.75) is 4.90 Å². The molecule has 2 aromatic carbocycles. The molecule has 4 nitrogen and oxygen atoms in total. The number of hydrogen-bond acceptors (Lipinski definition) is 5. The van der Waals surface area contributed by atoms with Gasteiger partial charge < -0.3 is 4.90 Å². The van der Waals surface area contributed by atoms with Crippen molar-refractivity contribution in [2.75, 3.05) is 37.8 Å². The molecule has 0 aliphatic rings. The summed E-state index contributed by atoms with van der Waals surface area (Å²) < 4.78 is 2.10. The minimum atomic E-state index is 0. The van der Waals surface area contributed by atoms with Gasteiger partial charge in [-0.15, -0.1) is 24.2 Å². The second-order valence-corrected chi connectivity index (χ2v) is 9.03. The fourth-order valence-electron chi connectivity index (χ4n) is 2.37. The van der Waals surface area contributed by atoms with E-state index in [1.165, 1.54) is 0 Å². The van der Waals surface area contributed by atoms with Crippen molar-refractivity contribution in [3.8, 4) is 0 Å². The summed E-state index contributed by atoms with van der Waals surface area (Å²) in [5, 5.41) is 0.763. The molecule has 0 aliphatic carbocycles. The van der Waals surface area contributed by atoms with E-state index in [1.54, 1.807) is 23.1 Å². The van der Waals surface area contributed by atoms with E-state index in [0.717, 1.165) is 31.3 Å². The summed E-state index contributed by atoms with van der Waals surface area (Å²) in [5.74, 6) is 0.482. The Morgan fingerprint density at radius 2 is 1.89 bits per heavy atom. The number of carbonyl (C=O) groups excluding carboxylic acids is 1. The van der Waals surface area contributed by atoms with Gasteiger partial charge in [0.05, 0.1) is 16.0 Å². The molecular weight excluding hydrogens is 466 g/mol. The van der Waals surface area contributed by atoms with Crippen molar-refractivity contribution in [1.29, 1.82) is 0 Å². The van der Waals surface area contributed by atoms with Gasteiger partial charge in [-0.2, -0.15) is 0 Å².